The highest BCUT2D eigenvalue weighted by atomic mass is 16.5. The fraction of sp³-hybridized carbons (Fsp3) is 0.524. The number of carbonyl (C=O) groups excluding carboxylic acids is 1. The lowest BCUT2D eigenvalue weighted by Gasteiger charge is -2.40. The zero-order valence-electron chi connectivity index (χ0n) is 16.0. The van der Waals surface area contributed by atoms with Crippen molar-refractivity contribution < 1.29 is 9.53 Å². The first kappa shape index (κ1) is 18.0. The van der Waals surface area contributed by atoms with Crippen molar-refractivity contribution in [3.63, 3.8) is 0 Å². The number of likely N-dealkylation sites (tertiary alicyclic amines) is 2. The number of carbonyl (C=O) groups is 1. The Kier molecular flexibility index (Phi) is 5.43. The summed E-state index contributed by atoms with van der Waals surface area (Å²) in [4.78, 5) is 17.5. The summed E-state index contributed by atoms with van der Waals surface area (Å²) in [7, 11) is 1.64. The van der Waals surface area contributed by atoms with Crippen molar-refractivity contribution in [3.05, 3.63) is 36.0 Å². The molecule has 4 rings (SSSR count). The molecule has 6 heteroatoms. The van der Waals surface area contributed by atoms with Crippen molar-refractivity contribution in [1.82, 2.24) is 20.0 Å². The first-order chi connectivity index (χ1) is 13.2. The Balaban J connectivity index is 1.38. The standard InChI is InChI=1S/C21H28N4O2/c1-27-18-7-5-6-16(14-18)19-15-20(23-22-19)21(26)25-12-8-17(9-13-25)24-10-3-2-4-11-24/h5-7,14-15,17H,2-4,8-13H2,1H3,(H,22,23). The average Bonchev–Trinajstić information content (AvgIpc) is 3.24. The Bertz CT molecular complexity index is 774. The highest BCUT2D eigenvalue weighted by Crippen LogP contribution is 2.25. The van der Waals surface area contributed by atoms with Gasteiger partial charge >= 0.3 is 0 Å². The van der Waals surface area contributed by atoms with Crippen molar-refractivity contribution >= 4 is 5.91 Å². The lowest BCUT2D eigenvalue weighted by molar-refractivity contribution is 0.0585. The largest absolute Gasteiger partial charge is 0.497 e. The number of aromatic nitrogens is 2. The number of piperidine rings is 2. The molecule has 2 aromatic rings. The monoisotopic (exact) mass is 368 g/mol. The molecule has 0 spiro atoms. The maximum absolute atomic E-state index is 12.9. The molecule has 1 aromatic carbocycles. The Morgan fingerprint density at radius 2 is 1.89 bits per heavy atom. The molecule has 3 heterocycles. The van der Waals surface area contributed by atoms with Gasteiger partial charge in [0.1, 0.15) is 11.4 Å². The molecule has 2 fully saturated rings. The van der Waals surface area contributed by atoms with Crippen LogP contribution in [0.15, 0.2) is 30.3 Å². The van der Waals surface area contributed by atoms with Crippen LogP contribution in [0, 0.1) is 0 Å². The van der Waals surface area contributed by atoms with Gasteiger partial charge in [-0.3, -0.25) is 9.89 Å². The van der Waals surface area contributed by atoms with Gasteiger partial charge < -0.3 is 14.5 Å². The number of nitrogens with one attached hydrogen (secondary N) is 1. The molecule has 2 aliphatic heterocycles. The summed E-state index contributed by atoms with van der Waals surface area (Å²) < 4.78 is 5.27. The van der Waals surface area contributed by atoms with E-state index < -0.39 is 0 Å². The minimum absolute atomic E-state index is 0.0498. The third-order valence-corrected chi connectivity index (χ3v) is 5.83. The number of rotatable bonds is 4. The maximum atomic E-state index is 12.9. The molecule has 0 saturated carbocycles. The smallest absolute Gasteiger partial charge is 0.271 e. The SMILES string of the molecule is COc1cccc(-c2cc(C(=O)N3CCC(N4CCCCC4)CC3)[nH]n2)c1. The zero-order valence-corrected chi connectivity index (χ0v) is 16.0. The van der Waals surface area contributed by atoms with Crippen LogP contribution in [-0.4, -0.2) is 65.2 Å². The second-order valence-electron chi connectivity index (χ2n) is 7.52. The van der Waals surface area contributed by atoms with Gasteiger partial charge in [-0.2, -0.15) is 5.10 Å². The van der Waals surface area contributed by atoms with Crippen molar-refractivity contribution in [2.24, 2.45) is 0 Å². The number of benzene rings is 1. The van der Waals surface area contributed by atoms with E-state index in [1.54, 1.807) is 7.11 Å². The number of hydrogen-bond acceptors (Lipinski definition) is 4. The average molecular weight is 368 g/mol. The Labute approximate surface area is 160 Å². The third kappa shape index (κ3) is 4.00. The molecule has 0 unspecified atom stereocenters. The van der Waals surface area contributed by atoms with Crippen molar-refractivity contribution in [2.75, 3.05) is 33.3 Å². The van der Waals surface area contributed by atoms with Gasteiger partial charge in [0.25, 0.3) is 5.91 Å². The molecule has 0 atom stereocenters. The van der Waals surface area contributed by atoms with Crippen LogP contribution in [0.3, 0.4) is 0 Å². The van der Waals surface area contributed by atoms with E-state index in [-0.39, 0.29) is 5.91 Å². The van der Waals surface area contributed by atoms with Crippen molar-refractivity contribution in [1.29, 1.82) is 0 Å². The summed E-state index contributed by atoms with van der Waals surface area (Å²) in [5, 5.41) is 7.25. The van der Waals surface area contributed by atoms with E-state index in [0.717, 1.165) is 42.9 Å². The van der Waals surface area contributed by atoms with Gasteiger partial charge in [-0.05, 0) is 57.0 Å². The molecule has 0 aliphatic carbocycles. The molecular formula is C21H28N4O2. The molecule has 6 nitrogen and oxygen atoms in total. The first-order valence-corrected chi connectivity index (χ1v) is 9.98. The highest BCUT2D eigenvalue weighted by Gasteiger charge is 2.28. The Hall–Kier alpha value is -2.34. The number of methoxy groups -OCH3 is 1. The highest BCUT2D eigenvalue weighted by molar-refractivity contribution is 5.93. The number of ether oxygens (including phenoxy) is 1. The second-order valence-corrected chi connectivity index (χ2v) is 7.52. The number of hydrogen-bond donors (Lipinski definition) is 1. The van der Waals surface area contributed by atoms with Crippen LogP contribution in [0.1, 0.15) is 42.6 Å². The number of nitrogens with zero attached hydrogens (tertiary/aromatic N) is 3. The van der Waals surface area contributed by atoms with E-state index in [1.807, 2.05) is 35.2 Å². The van der Waals surface area contributed by atoms with Crippen LogP contribution in [0.25, 0.3) is 11.3 Å². The quantitative estimate of drug-likeness (QED) is 0.900. The van der Waals surface area contributed by atoms with Gasteiger partial charge in [0.05, 0.1) is 12.8 Å². The van der Waals surface area contributed by atoms with E-state index in [0.29, 0.717) is 11.7 Å². The molecule has 144 valence electrons. The predicted octanol–water partition coefficient (Wildman–Crippen LogP) is 3.18. The fourth-order valence-electron chi connectivity index (χ4n) is 4.25. The van der Waals surface area contributed by atoms with E-state index >= 15 is 0 Å². The summed E-state index contributed by atoms with van der Waals surface area (Å²) in [6.45, 7) is 4.10. The molecule has 27 heavy (non-hydrogen) atoms. The van der Waals surface area contributed by atoms with Crippen LogP contribution < -0.4 is 4.74 Å². The van der Waals surface area contributed by atoms with Gasteiger partial charge in [-0.15, -0.1) is 0 Å². The molecule has 0 bridgehead atoms. The molecule has 2 aliphatic rings. The van der Waals surface area contributed by atoms with Crippen LogP contribution in [0.2, 0.25) is 0 Å². The van der Waals surface area contributed by atoms with E-state index in [1.165, 1.54) is 32.4 Å². The molecule has 1 amide bonds. The zero-order chi connectivity index (χ0) is 18.6. The van der Waals surface area contributed by atoms with Gasteiger partial charge in [-0.25, -0.2) is 0 Å². The van der Waals surface area contributed by atoms with Gasteiger partial charge in [0, 0.05) is 24.7 Å². The molecule has 0 radical (unpaired) electrons. The third-order valence-electron chi connectivity index (χ3n) is 5.83. The van der Waals surface area contributed by atoms with Crippen LogP contribution >= 0.6 is 0 Å². The van der Waals surface area contributed by atoms with Gasteiger partial charge in [0.2, 0.25) is 0 Å². The summed E-state index contributed by atoms with van der Waals surface area (Å²) in [5.41, 5.74) is 2.26. The minimum Gasteiger partial charge on any atom is -0.497 e. The minimum atomic E-state index is 0.0498. The van der Waals surface area contributed by atoms with Crippen molar-refractivity contribution in [3.8, 4) is 17.0 Å². The molecular weight excluding hydrogens is 340 g/mol. The summed E-state index contributed by atoms with van der Waals surface area (Å²) in [6, 6.07) is 10.2. The van der Waals surface area contributed by atoms with Crippen molar-refractivity contribution in [2.45, 2.75) is 38.1 Å². The van der Waals surface area contributed by atoms with Crippen LogP contribution in [0.4, 0.5) is 0 Å². The molecule has 1 aromatic heterocycles. The normalized spacial score (nSPS) is 19.2. The number of amides is 1. The van der Waals surface area contributed by atoms with Gasteiger partial charge in [0.15, 0.2) is 0 Å². The Morgan fingerprint density at radius 3 is 2.63 bits per heavy atom. The summed E-state index contributed by atoms with van der Waals surface area (Å²) >= 11 is 0. The summed E-state index contributed by atoms with van der Waals surface area (Å²) in [5.74, 6) is 0.830. The predicted molar refractivity (Wildman–Crippen MR) is 105 cm³/mol. The molecule has 1 N–H and O–H groups in total. The summed E-state index contributed by atoms with van der Waals surface area (Å²) in [6.07, 6.45) is 6.15. The Morgan fingerprint density at radius 1 is 1.11 bits per heavy atom. The lowest BCUT2D eigenvalue weighted by atomic mass is 9.99. The molecule has 2 saturated heterocycles. The van der Waals surface area contributed by atoms with Crippen LogP contribution in [-0.2, 0) is 0 Å². The second kappa shape index (κ2) is 8.13. The van der Waals surface area contributed by atoms with Gasteiger partial charge in [-0.1, -0.05) is 18.6 Å². The fourth-order valence-corrected chi connectivity index (χ4v) is 4.25. The lowest BCUT2D eigenvalue weighted by Crippen LogP contribution is -2.48. The number of aromatic amines is 1. The van der Waals surface area contributed by atoms with E-state index in [4.69, 9.17) is 4.74 Å². The first-order valence-electron chi connectivity index (χ1n) is 9.98. The topological polar surface area (TPSA) is 61.5 Å². The van der Waals surface area contributed by atoms with E-state index in [9.17, 15) is 4.79 Å². The van der Waals surface area contributed by atoms with E-state index in [2.05, 4.69) is 15.1 Å². The number of H-pyrrole nitrogens is 1. The van der Waals surface area contributed by atoms with Crippen LogP contribution in [0.5, 0.6) is 5.75 Å². The maximum Gasteiger partial charge on any atom is 0.271 e.